The van der Waals surface area contributed by atoms with Crippen LogP contribution in [0.2, 0.25) is 0 Å². The van der Waals surface area contributed by atoms with Crippen molar-refractivity contribution in [2.45, 2.75) is 9.96 Å². The lowest BCUT2D eigenvalue weighted by Gasteiger charge is -2.27. The van der Waals surface area contributed by atoms with E-state index in [1.807, 2.05) is 6.07 Å². The first kappa shape index (κ1) is 21.1. The molecule has 0 saturated carbocycles. The highest BCUT2D eigenvalue weighted by atomic mass is 127. The van der Waals surface area contributed by atoms with Crippen molar-refractivity contribution in [3.05, 3.63) is 63.2 Å². The third kappa shape index (κ3) is 5.90. The molecule has 0 spiro atoms. The number of amides is 1. The van der Waals surface area contributed by atoms with Gasteiger partial charge in [-0.3, -0.25) is 4.79 Å². The lowest BCUT2D eigenvalue weighted by atomic mass is 10.2. The van der Waals surface area contributed by atoms with Gasteiger partial charge in [0.25, 0.3) is 5.91 Å². The number of anilines is 1. The number of alkyl halides is 3. The predicted molar refractivity (Wildman–Crippen MR) is 112 cm³/mol. The second-order valence-corrected chi connectivity index (χ2v) is 8.79. The van der Waals surface area contributed by atoms with Crippen LogP contribution in [-0.2, 0) is 4.74 Å². The van der Waals surface area contributed by atoms with Crippen LogP contribution in [0.4, 0.5) is 5.69 Å². The van der Waals surface area contributed by atoms with Crippen molar-refractivity contribution in [3.8, 4) is 0 Å². The number of benzene rings is 2. The van der Waals surface area contributed by atoms with Crippen molar-refractivity contribution in [2.75, 3.05) is 12.4 Å². The average molecular weight is 528 g/mol. The Kier molecular flexibility index (Phi) is 7.40. The lowest BCUT2D eigenvalue weighted by molar-refractivity contribution is 0.0600. The quantitative estimate of drug-likeness (QED) is 0.258. The summed E-state index contributed by atoms with van der Waals surface area (Å²) < 4.78 is 3.74. The van der Waals surface area contributed by atoms with Crippen molar-refractivity contribution in [3.63, 3.8) is 0 Å². The zero-order valence-corrected chi connectivity index (χ0v) is 17.9. The molecule has 2 rings (SSSR count). The largest absolute Gasteiger partial charge is 0.465 e. The molecule has 0 heterocycles. The van der Waals surface area contributed by atoms with E-state index in [0.29, 0.717) is 16.8 Å². The fraction of sp³-hybridized carbons (Fsp3) is 0.176. The van der Waals surface area contributed by atoms with Crippen LogP contribution in [0.1, 0.15) is 20.7 Å². The van der Waals surface area contributed by atoms with Crippen LogP contribution in [0.15, 0.2) is 48.5 Å². The molecule has 0 aliphatic heterocycles. The Morgan fingerprint density at radius 2 is 1.73 bits per heavy atom. The molecule has 1 atom stereocenters. The first-order chi connectivity index (χ1) is 12.2. The minimum atomic E-state index is -1.81. The number of nitrogens with one attached hydrogen (secondary N) is 2. The van der Waals surface area contributed by atoms with Crippen molar-refractivity contribution in [1.82, 2.24) is 5.32 Å². The second-order valence-electron chi connectivity index (χ2n) is 5.17. The maximum absolute atomic E-state index is 12.4. The Morgan fingerprint density at radius 3 is 2.27 bits per heavy atom. The molecule has 0 aromatic heterocycles. The molecule has 9 heteroatoms. The first-order valence-electron chi connectivity index (χ1n) is 7.29. The van der Waals surface area contributed by atoms with Gasteiger partial charge in [0.2, 0.25) is 3.79 Å². The van der Waals surface area contributed by atoms with E-state index in [1.165, 1.54) is 7.11 Å². The average Bonchev–Trinajstić information content (AvgIpc) is 2.60. The molecule has 0 radical (unpaired) electrons. The van der Waals surface area contributed by atoms with E-state index in [9.17, 15) is 9.59 Å². The molecule has 5 nitrogen and oxygen atoms in total. The van der Waals surface area contributed by atoms with Gasteiger partial charge in [-0.05, 0) is 65.1 Å². The summed E-state index contributed by atoms with van der Waals surface area (Å²) in [4.78, 5) is 23.9. The number of esters is 1. The summed E-state index contributed by atoms with van der Waals surface area (Å²) in [6.07, 6.45) is -0.998. The van der Waals surface area contributed by atoms with E-state index in [2.05, 4.69) is 38.0 Å². The van der Waals surface area contributed by atoms with Crippen LogP contribution in [0.5, 0.6) is 0 Å². The number of hydrogen-bond donors (Lipinski definition) is 2. The van der Waals surface area contributed by atoms with Gasteiger partial charge in [0.1, 0.15) is 6.17 Å². The number of rotatable bonds is 5. The van der Waals surface area contributed by atoms with Crippen molar-refractivity contribution in [1.29, 1.82) is 0 Å². The molecule has 0 aliphatic rings. The zero-order valence-electron chi connectivity index (χ0n) is 13.4. The highest BCUT2D eigenvalue weighted by Gasteiger charge is 2.34. The summed E-state index contributed by atoms with van der Waals surface area (Å²) in [6.45, 7) is 0. The molecular formula is C17H14Cl3IN2O3. The Labute approximate surface area is 179 Å². The van der Waals surface area contributed by atoms with E-state index in [1.54, 1.807) is 42.5 Å². The monoisotopic (exact) mass is 526 g/mol. The topological polar surface area (TPSA) is 67.4 Å². The number of halogens is 4. The van der Waals surface area contributed by atoms with Crippen LogP contribution >= 0.6 is 57.4 Å². The molecule has 0 saturated heterocycles. The Hall–Kier alpha value is -1.22. The number of methoxy groups -OCH3 is 1. The second kappa shape index (κ2) is 9.12. The normalized spacial score (nSPS) is 12.2. The van der Waals surface area contributed by atoms with Gasteiger partial charge in [-0.1, -0.05) is 40.9 Å². The molecule has 138 valence electrons. The fourth-order valence-corrected chi connectivity index (χ4v) is 2.90. The van der Waals surface area contributed by atoms with Crippen LogP contribution < -0.4 is 10.6 Å². The van der Waals surface area contributed by atoms with Gasteiger partial charge in [0.05, 0.1) is 12.7 Å². The Morgan fingerprint density at radius 1 is 1.08 bits per heavy atom. The lowest BCUT2D eigenvalue weighted by Crippen LogP contribution is -2.49. The Balaban J connectivity index is 2.15. The third-order valence-electron chi connectivity index (χ3n) is 3.31. The number of carbonyl (C=O) groups excluding carboxylic acids is 2. The standard InChI is InChI=1S/C17H14Cl3IN2O3/c1-26-15(25)10-5-7-13(8-6-10)22-16(17(18,19)20)23-14(24)11-3-2-4-12(21)9-11/h2-9,16,22H,1H3,(H,23,24)/t16-/m0/s1. The maximum atomic E-state index is 12.4. The van der Waals surface area contributed by atoms with Crippen LogP contribution in [0, 0.1) is 3.57 Å². The van der Waals surface area contributed by atoms with Gasteiger partial charge in [-0.25, -0.2) is 4.79 Å². The van der Waals surface area contributed by atoms with Gasteiger partial charge in [0.15, 0.2) is 0 Å². The minimum Gasteiger partial charge on any atom is -0.465 e. The highest BCUT2D eigenvalue weighted by molar-refractivity contribution is 14.1. The highest BCUT2D eigenvalue weighted by Crippen LogP contribution is 2.31. The van der Waals surface area contributed by atoms with Gasteiger partial charge in [-0.15, -0.1) is 0 Å². The molecule has 2 aromatic rings. The molecule has 0 bridgehead atoms. The van der Waals surface area contributed by atoms with Gasteiger partial charge in [0, 0.05) is 14.8 Å². The molecule has 0 aliphatic carbocycles. The van der Waals surface area contributed by atoms with Crippen molar-refractivity contribution < 1.29 is 14.3 Å². The predicted octanol–water partition coefficient (Wildman–Crippen LogP) is 4.62. The summed E-state index contributed by atoms with van der Waals surface area (Å²) in [5, 5.41) is 5.59. The van der Waals surface area contributed by atoms with Crippen LogP contribution in [0.3, 0.4) is 0 Å². The number of hydrogen-bond acceptors (Lipinski definition) is 4. The van der Waals surface area contributed by atoms with Gasteiger partial charge in [-0.2, -0.15) is 0 Å². The molecule has 1 amide bonds. The van der Waals surface area contributed by atoms with E-state index in [-0.39, 0.29) is 0 Å². The summed E-state index contributed by atoms with van der Waals surface area (Å²) in [6, 6.07) is 13.4. The molecule has 26 heavy (non-hydrogen) atoms. The molecule has 2 aromatic carbocycles. The molecular weight excluding hydrogens is 513 g/mol. The molecule has 2 N–H and O–H groups in total. The summed E-state index contributed by atoms with van der Waals surface area (Å²) in [5.41, 5.74) is 1.38. The minimum absolute atomic E-state index is 0.381. The van der Waals surface area contributed by atoms with Crippen molar-refractivity contribution >= 4 is 75.0 Å². The fourth-order valence-electron chi connectivity index (χ4n) is 2.03. The van der Waals surface area contributed by atoms with E-state index in [4.69, 9.17) is 34.8 Å². The number of carbonyl (C=O) groups is 2. The first-order valence-corrected chi connectivity index (χ1v) is 9.50. The zero-order chi connectivity index (χ0) is 19.3. The molecule has 0 unspecified atom stereocenters. The molecule has 0 fully saturated rings. The summed E-state index contributed by atoms with van der Waals surface area (Å²) in [7, 11) is 1.30. The van der Waals surface area contributed by atoms with E-state index >= 15 is 0 Å². The maximum Gasteiger partial charge on any atom is 0.337 e. The smallest absolute Gasteiger partial charge is 0.337 e. The van der Waals surface area contributed by atoms with E-state index < -0.39 is 21.8 Å². The van der Waals surface area contributed by atoms with E-state index in [0.717, 1.165) is 3.57 Å². The van der Waals surface area contributed by atoms with Crippen LogP contribution in [0.25, 0.3) is 0 Å². The summed E-state index contributed by atoms with van der Waals surface area (Å²) >= 11 is 20.1. The van der Waals surface area contributed by atoms with Gasteiger partial charge >= 0.3 is 5.97 Å². The summed E-state index contributed by atoms with van der Waals surface area (Å²) in [5.74, 6) is -0.847. The Bertz CT molecular complexity index is 795. The van der Waals surface area contributed by atoms with Gasteiger partial charge < -0.3 is 15.4 Å². The third-order valence-corrected chi connectivity index (χ3v) is 4.63. The SMILES string of the molecule is COC(=O)c1ccc(N[C@@H](NC(=O)c2cccc(I)c2)C(Cl)(Cl)Cl)cc1. The van der Waals surface area contributed by atoms with Crippen LogP contribution in [-0.4, -0.2) is 28.9 Å². The number of ether oxygens (including phenoxy) is 1. The van der Waals surface area contributed by atoms with Crippen molar-refractivity contribution in [2.24, 2.45) is 0 Å².